The minimum Gasteiger partial charge on any atom is -0.492 e. The monoisotopic (exact) mass is 584 g/mol. The molecule has 0 aromatic heterocycles. The second-order valence-electron chi connectivity index (χ2n) is 11.0. The minimum atomic E-state index is 0.00745. The fourth-order valence-corrected chi connectivity index (χ4v) is 6.13. The summed E-state index contributed by atoms with van der Waals surface area (Å²) in [6.07, 6.45) is 18.1. The molecule has 0 radical (unpaired) electrons. The fraction of sp³-hybridized carbons (Fsp3) is 0.559. The summed E-state index contributed by atoms with van der Waals surface area (Å²) in [5.74, 6) is 1.70. The molecule has 0 N–H and O–H groups in total. The van der Waals surface area contributed by atoms with Crippen molar-refractivity contribution in [1.82, 2.24) is 4.90 Å². The van der Waals surface area contributed by atoms with Gasteiger partial charge in [-0.3, -0.25) is 4.79 Å². The van der Waals surface area contributed by atoms with Crippen LogP contribution in [0.2, 0.25) is 5.02 Å². The third-order valence-electron chi connectivity index (χ3n) is 7.40. The molecule has 40 heavy (non-hydrogen) atoms. The van der Waals surface area contributed by atoms with Crippen molar-refractivity contribution in [3.63, 3.8) is 0 Å². The fourth-order valence-electron chi connectivity index (χ4n) is 5.12. The summed E-state index contributed by atoms with van der Waals surface area (Å²) in [7, 11) is 0. The topological polar surface area (TPSA) is 32.8 Å². The zero-order valence-electron chi connectivity index (χ0n) is 24.9. The van der Waals surface area contributed by atoms with E-state index in [9.17, 15) is 4.79 Å². The molecule has 0 atom stereocenters. The number of halogens is 1. The summed E-state index contributed by atoms with van der Waals surface area (Å²) in [6, 6.07) is 14.1. The molecule has 2 aromatic carbocycles. The maximum atomic E-state index is 12.6. The number of carbonyl (C=O) groups excluding carboxylic acids is 1. The number of hydrogen-bond donors (Lipinski definition) is 0. The van der Waals surface area contributed by atoms with E-state index in [4.69, 9.17) is 16.3 Å². The van der Waals surface area contributed by atoms with E-state index in [2.05, 4.69) is 37.1 Å². The lowest BCUT2D eigenvalue weighted by Gasteiger charge is -2.23. The van der Waals surface area contributed by atoms with Crippen molar-refractivity contribution >= 4 is 35.0 Å². The van der Waals surface area contributed by atoms with Crippen molar-refractivity contribution in [1.29, 1.82) is 0 Å². The molecule has 1 aliphatic heterocycles. The lowest BCUT2D eigenvalue weighted by molar-refractivity contribution is -0.116. The van der Waals surface area contributed by atoms with E-state index in [1.807, 2.05) is 47.0 Å². The lowest BCUT2D eigenvalue weighted by atomic mass is 10.1. The van der Waals surface area contributed by atoms with Crippen molar-refractivity contribution in [2.24, 2.45) is 0 Å². The van der Waals surface area contributed by atoms with E-state index in [1.165, 1.54) is 81.1 Å². The average molecular weight is 585 g/mol. The number of anilines is 1. The number of carbonyl (C=O) groups is 1. The first-order valence-electron chi connectivity index (χ1n) is 15.3. The van der Waals surface area contributed by atoms with Gasteiger partial charge in [0.25, 0.3) is 0 Å². The first kappa shape index (κ1) is 32.4. The van der Waals surface area contributed by atoms with Crippen LogP contribution in [0.25, 0.3) is 0 Å². The van der Waals surface area contributed by atoms with Gasteiger partial charge in [0.05, 0.1) is 24.1 Å². The number of benzene rings is 2. The molecular weight excluding hydrogens is 536 g/mol. The Kier molecular flexibility index (Phi) is 14.9. The normalized spacial score (nSPS) is 13.0. The SMILES string of the molecule is CCCCCCCCCCCCCCOc1ccc(CN(C(C)=O)c2cccc(CN3C=C(C)SC3)c2)cc1Cl. The molecule has 1 heterocycles. The molecule has 0 spiro atoms. The molecule has 1 aliphatic rings. The Bertz CT molecular complexity index is 1070. The number of thioether (sulfide) groups is 1. The van der Waals surface area contributed by atoms with Gasteiger partial charge in [-0.05, 0) is 53.6 Å². The second-order valence-corrected chi connectivity index (χ2v) is 12.6. The highest BCUT2D eigenvalue weighted by atomic mass is 35.5. The van der Waals surface area contributed by atoms with Crippen LogP contribution in [-0.4, -0.2) is 23.3 Å². The van der Waals surface area contributed by atoms with Gasteiger partial charge >= 0.3 is 0 Å². The van der Waals surface area contributed by atoms with Crippen molar-refractivity contribution in [2.45, 2.75) is 111 Å². The molecule has 0 saturated heterocycles. The van der Waals surface area contributed by atoms with E-state index in [1.54, 1.807) is 6.92 Å². The number of allylic oxidation sites excluding steroid dienone is 1. The molecule has 3 rings (SSSR count). The third-order valence-corrected chi connectivity index (χ3v) is 8.72. The van der Waals surface area contributed by atoms with Crippen LogP contribution in [0.15, 0.2) is 53.6 Å². The Morgan fingerprint density at radius 3 is 2.20 bits per heavy atom. The molecule has 0 bridgehead atoms. The second kappa shape index (κ2) is 18.3. The molecular formula is C34H49ClN2O2S. The van der Waals surface area contributed by atoms with Crippen LogP contribution in [0.5, 0.6) is 5.75 Å². The zero-order valence-corrected chi connectivity index (χ0v) is 26.5. The lowest BCUT2D eigenvalue weighted by Crippen LogP contribution is -2.28. The molecule has 0 saturated carbocycles. The third kappa shape index (κ3) is 11.8. The first-order valence-corrected chi connectivity index (χ1v) is 16.7. The zero-order chi connectivity index (χ0) is 28.6. The van der Waals surface area contributed by atoms with E-state index in [0.717, 1.165) is 35.8 Å². The molecule has 0 unspecified atom stereocenters. The van der Waals surface area contributed by atoms with Gasteiger partial charge in [-0.25, -0.2) is 0 Å². The predicted molar refractivity (Wildman–Crippen MR) is 173 cm³/mol. The highest BCUT2D eigenvalue weighted by Gasteiger charge is 2.16. The van der Waals surface area contributed by atoms with Crippen molar-refractivity contribution in [2.75, 3.05) is 17.4 Å². The van der Waals surface area contributed by atoms with Crippen LogP contribution in [0.4, 0.5) is 5.69 Å². The van der Waals surface area contributed by atoms with E-state index < -0.39 is 0 Å². The Hall–Kier alpha value is -2.11. The van der Waals surface area contributed by atoms with Gasteiger partial charge in [-0.2, -0.15) is 0 Å². The summed E-state index contributed by atoms with van der Waals surface area (Å²) >= 11 is 8.44. The Morgan fingerprint density at radius 2 is 1.60 bits per heavy atom. The predicted octanol–water partition coefficient (Wildman–Crippen LogP) is 10.3. The van der Waals surface area contributed by atoms with Crippen molar-refractivity contribution < 1.29 is 9.53 Å². The molecule has 220 valence electrons. The molecule has 0 fully saturated rings. The molecule has 0 aliphatic carbocycles. The highest BCUT2D eigenvalue weighted by Crippen LogP contribution is 2.29. The summed E-state index contributed by atoms with van der Waals surface area (Å²) in [5, 5.41) is 0.599. The number of hydrogen-bond acceptors (Lipinski definition) is 4. The largest absolute Gasteiger partial charge is 0.492 e. The molecule has 6 heteroatoms. The number of ether oxygens (including phenoxy) is 1. The summed E-state index contributed by atoms with van der Waals surface area (Å²) < 4.78 is 5.98. The number of unbranched alkanes of at least 4 members (excludes halogenated alkanes) is 11. The number of rotatable bonds is 19. The van der Waals surface area contributed by atoms with Crippen LogP contribution in [0.3, 0.4) is 0 Å². The Morgan fingerprint density at radius 1 is 0.925 bits per heavy atom. The summed E-state index contributed by atoms with van der Waals surface area (Å²) in [5.41, 5.74) is 3.08. The van der Waals surface area contributed by atoms with Gasteiger partial charge in [-0.1, -0.05) is 107 Å². The summed E-state index contributed by atoms with van der Waals surface area (Å²) in [6.45, 7) is 8.02. The smallest absolute Gasteiger partial charge is 0.224 e. The Labute approximate surface area is 252 Å². The molecule has 4 nitrogen and oxygen atoms in total. The van der Waals surface area contributed by atoms with Crippen LogP contribution in [0.1, 0.15) is 109 Å². The van der Waals surface area contributed by atoms with Gasteiger partial charge in [0.2, 0.25) is 5.91 Å². The van der Waals surface area contributed by atoms with Gasteiger partial charge in [-0.15, -0.1) is 11.8 Å². The standard InChI is InChI=1S/C34H49ClN2O2S/c1-4-5-6-7-8-9-10-11-12-13-14-15-21-39-34-20-19-31(23-33(34)35)26-37(29(3)38)32-18-16-17-30(22-32)25-36-24-28(2)40-27-36/h16-20,22-24H,4-15,21,25-27H2,1-3H3. The highest BCUT2D eigenvalue weighted by molar-refractivity contribution is 8.03. The van der Waals surface area contributed by atoms with Gasteiger partial charge < -0.3 is 14.5 Å². The van der Waals surface area contributed by atoms with Gasteiger partial charge in [0.1, 0.15) is 5.75 Å². The maximum Gasteiger partial charge on any atom is 0.224 e. The molecule has 2 aromatic rings. The number of nitrogens with zero attached hydrogens (tertiary/aromatic N) is 2. The molecule has 1 amide bonds. The van der Waals surface area contributed by atoms with E-state index in [0.29, 0.717) is 18.2 Å². The van der Waals surface area contributed by atoms with Gasteiger partial charge in [0, 0.05) is 25.4 Å². The van der Waals surface area contributed by atoms with Crippen LogP contribution >= 0.6 is 23.4 Å². The van der Waals surface area contributed by atoms with Gasteiger partial charge in [0.15, 0.2) is 0 Å². The first-order chi connectivity index (χ1) is 19.5. The van der Waals surface area contributed by atoms with E-state index >= 15 is 0 Å². The quantitative estimate of drug-likeness (QED) is 0.154. The van der Waals surface area contributed by atoms with Crippen LogP contribution in [0, 0.1) is 0 Å². The van der Waals surface area contributed by atoms with Crippen LogP contribution < -0.4 is 9.64 Å². The van der Waals surface area contributed by atoms with E-state index in [-0.39, 0.29) is 5.91 Å². The summed E-state index contributed by atoms with van der Waals surface area (Å²) in [4.78, 5) is 18.0. The van der Waals surface area contributed by atoms with Crippen molar-refractivity contribution in [3.8, 4) is 5.75 Å². The minimum absolute atomic E-state index is 0.00745. The average Bonchev–Trinajstić information content (AvgIpc) is 3.35. The Balaban J connectivity index is 1.39. The number of amides is 1. The van der Waals surface area contributed by atoms with Crippen LogP contribution in [-0.2, 0) is 17.9 Å². The maximum absolute atomic E-state index is 12.6. The van der Waals surface area contributed by atoms with Crippen molar-refractivity contribution in [3.05, 3.63) is 69.7 Å².